The van der Waals surface area contributed by atoms with Crippen LogP contribution in [-0.4, -0.2) is 29.1 Å². The van der Waals surface area contributed by atoms with E-state index in [1.807, 2.05) is 6.92 Å². The topological polar surface area (TPSA) is 66.8 Å². The second-order valence-electron chi connectivity index (χ2n) is 2.58. The Hall–Kier alpha value is -0.610. The van der Waals surface area contributed by atoms with Crippen molar-refractivity contribution in [2.24, 2.45) is 0 Å². The Balaban J connectivity index is 3.33. The normalized spacial score (nSPS) is 12.6. The molecule has 0 heterocycles. The molecule has 4 nitrogen and oxygen atoms in total. The van der Waals surface area contributed by atoms with Crippen LogP contribution < -0.4 is 0 Å². The Morgan fingerprint density at radius 3 is 2.67 bits per heavy atom. The van der Waals surface area contributed by atoms with Gasteiger partial charge in [-0.1, -0.05) is 19.8 Å². The SMILES string of the molecule is CCCCCC(=O)OC(O)CO. The predicted octanol–water partition coefficient (Wildman–Crippen LogP) is 0.421. The van der Waals surface area contributed by atoms with Gasteiger partial charge in [-0.3, -0.25) is 4.79 Å². The van der Waals surface area contributed by atoms with Crippen molar-refractivity contribution in [1.29, 1.82) is 0 Å². The molecule has 0 saturated heterocycles. The molecule has 0 aliphatic rings. The fourth-order valence-electron chi connectivity index (χ4n) is 0.767. The number of unbranched alkanes of at least 4 members (excludes halogenated alkanes) is 2. The highest BCUT2D eigenvalue weighted by Crippen LogP contribution is 2.01. The first-order chi connectivity index (χ1) is 5.70. The van der Waals surface area contributed by atoms with E-state index in [0.29, 0.717) is 6.42 Å². The van der Waals surface area contributed by atoms with E-state index < -0.39 is 18.9 Å². The maximum Gasteiger partial charge on any atom is 0.308 e. The van der Waals surface area contributed by atoms with Gasteiger partial charge in [0, 0.05) is 6.42 Å². The van der Waals surface area contributed by atoms with E-state index in [2.05, 4.69) is 4.74 Å². The molecule has 0 spiro atoms. The number of aliphatic hydroxyl groups is 2. The minimum absolute atomic E-state index is 0.310. The lowest BCUT2D eigenvalue weighted by molar-refractivity contribution is -0.173. The van der Waals surface area contributed by atoms with Crippen LogP contribution in [0.3, 0.4) is 0 Å². The maximum absolute atomic E-state index is 10.8. The highest BCUT2D eigenvalue weighted by atomic mass is 16.6. The Labute approximate surface area is 72.2 Å². The molecule has 0 aromatic carbocycles. The molecule has 0 aliphatic carbocycles. The zero-order valence-electron chi connectivity index (χ0n) is 7.32. The third-order valence-corrected chi connectivity index (χ3v) is 1.41. The molecular formula is C8H16O4. The zero-order chi connectivity index (χ0) is 9.40. The van der Waals surface area contributed by atoms with Gasteiger partial charge >= 0.3 is 5.97 Å². The molecule has 0 aromatic heterocycles. The van der Waals surface area contributed by atoms with Crippen LogP contribution in [0.5, 0.6) is 0 Å². The van der Waals surface area contributed by atoms with E-state index in [-0.39, 0.29) is 0 Å². The number of aliphatic hydroxyl groups excluding tert-OH is 2. The smallest absolute Gasteiger partial charge is 0.308 e. The van der Waals surface area contributed by atoms with Crippen LogP contribution in [0.2, 0.25) is 0 Å². The summed E-state index contributed by atoms with van der Waals surface area (Å²) in [6.07, 6.45) is 1.73. The molecule has 0 saturated carbocycles. The van der Waals surface area contributed by atoms with E-state index in [1.54, 1.807) is 0 Å². The molecule has 72 valence electrons. The summed E-state index contributed by atoms with van der Waals surface area (Å²) in [7, 11) is 0. The second-order valence-corrected chi connectivity index (χ2v) is 2.58. The second kappa shape index (κ2) is 7.06. The van der Waals surface area contributed by atoms with E-state index in [4.69, 9.17) is 10.2 Å². The molecule has 0 aliphatic heterocycles. The summed E-state index contributed by atoms with van der Waals surface area (Å²) >= 11 is 0. The van der Waals surface area contributed by atoms with E-state index in [0.717, 1.165) is 19.3 Å². The van der Waals surface area contributed by atoms with Crippen molar-refractivity contribution in [3.63, 3.8) is 0 Å². The van der Waals surface area contributed by atoms with Gasteiger partial charge in [-0.25, -0.2) is 0 Å². The fraction of sp³-hybridized carbons (Fsp3) is 0.875. The molecule has 0 radical (unpaired) electrons. The molecule has 0 bridgehead atoms. The van der Waals surface area contributed by atoms with Gasteiger partial charge in [-0.05, 0) is 6.42 Å². The summed E-state index contributed by atoms with van der Waals surface area (Å²) in [6.45, 7) is 1.49. The lowest BCUT2D eigenvalue weighted by Crippen LogP contribution is -2.20. The third kappa shape index (κ3) is 6.12. The minimum atomic E-state index is -1.36. The average molecular weight is 176 g/mol. The molecule has 1 atom stereocenters. The largest absolute Gasteiger partial charge is 0.433 e. The third-order valence-electron chi connectivity index (χ3n) is 1.41. The van der Waals surface area contributed by atoms with Crippen LogP contribution in [0.15, 0.2) is 0 Å². The van der Waals surface area contributed by atoms with Crippen LogP contribution >= 0.6 is 0 Å². The summed E-state index contributed by atoms with van der Waals surface area (Å²) in [6, 6.07) is 0. The molecular weight excluding hydrogens is 160 g/mol. The lowest BCUT2D eigenvalue weighted by Gasteiger charge is -2.08. The van der Waals surface area contributed by atoms with Crippen LogP contribution in [0.4, 0.5) is 0 Å². The van der Waals surface area contributed by atoms with E-state index in [9.17, 15) is 4.79 Å². The van der Waals surface area contributed by atoms with E-state index in [1.165, 1.54) is 0 Å². The van der Waals surface area contributed by atoms with Crippen molar-refractivity contribution in [3.8, 4) is 0 Å². The highest BCUT2D eigenvalue weighted by molar-refractivity contribution is 5.69. The minimum Gasteiger partial charge on any atom is -0.433 e. The Morgan fingerprint density at radius 1 is 1.50 bits per heavy atom. The van der Waals surface area contributed by atoms with Gasteiger partial charge in [0.15, 0.2) is 0 Å². The lowest BCUT2D eigenvalue weighted by atomic mass is 10.2. The summed E-state index contributed by atoms with van der Waals surface area (Å²) in [5, 5.41) is 17.0. The van der Waals surface area contributed by atoms with Crippen LogP contribution in [-0.2, 0) is 9.53 Å². The fourth-order valence-corrected chi connectivity index (χ4v) is 0.767. The highest BCUT2D eigenvalue weighted by Gasteiger charge is 2.08. The van der Waals surface area contributed by atoms with Crippen LogP contribution in [0, 0.1) is 0 Å². The summed E-state index contributed by atoms with van der Waals surface area (Å²) in [5.41, 5.74) is 0. The van der Waals surface area contributed by atoms with Gasteiger partial charge in [0.05, 0.1) is 0 Å². The Bertz CT molecular complexity index is 124. The summed E-state index contributed by atoms with van der Waals surface area (Å²) in [5.74, 6) is -0.454. The van der Waals surface area contributed by atoms with Crippen molar-refractivity contribution < 1.29 is 19.7 Å². The number of rotatable bonds is 6. The standard InChI is InChI=1S/C8H16O4/c1-2-3-4-5-7(10)12-8(11)6-9/h8-9,11H,2-6H2,1H3. The first-order valence-electron chi connectivity index (χ1n) is 4.19. The first-order valence-corrected chi connectivity index (χ1v) is 4.19. The van der Waals surface area contributed by atoms with Gasteiger partial charge in [0.1, 0.15) is 6.61 Å². The molecule has 12 heavy (non-hydrogen) atoms. The average Bonchev–Trinajstić information content (AvgIpc) is 2.05. The van der Waals surface area contributed by atoms with Crippen molar-refractivity contribution in [2.45, 2.75) is 38.9 Å². The van der Waals surface area contributed by atoms with Gasteiger partial charge in [0.2, 0.25) is 6.29 Å². The van der Waals surface area contributed by atoms with Crippen molar-refractivity contribution in [2.75, 3.05) is 6.61 Å². The molecule has 0 aromatic rings. The van der Waals surface area contributed by atoms with Crippen LogP contribution in [0.25, 0.3) is 0 Å². The van der Waals surface area contributed by atoms with Crippen molar-refractivity contribution in [1.82, 2.24) is 0 Å². The Kier molecular flexibility index (Phi) is 6.70. The molecule has 0 fully saturated rings. The number of hydrogen-bond donors (Lipinski definition) is 2. The molecule has 4 heteroatoms. The molecule has 1 unspecified atom stereocenters. The molecule has 2 N–H and O–H groups in total. The number of carbonyl (C=O) groups excluding carboxylic acids is 1. The van der Waals surface area contributed by atoms with Gasteiger partial charge < -0.3 is 14.9 Å². The molecule has 0 amide bonds. The van der Waals surface area contributed by atoms with Crippen molar-refractivity contribution in [3.05, 3.63) is 0 Å². The van der Waals surface area contributed by atoms with Gasteiger partial charge in [-0.2, -0.15) is 0 Å². The van der Waals surface area contributed by atoms with Gasteiger partial charge in [0.25, 0.3) is 0 Å². The maximum atomic E-state index is 10.8. The molecule has 0 rings (SSSR count). The quantitative estimate of drug-likeness (QED) is 0.349. The number of ether oxygens (including phenoxy) is 1. The number of esters is 1. The van der Waals surface area contributed by atoms with Crippen molar-refractivity contribution >= 4 is 5.97 Å². The zero-order valence-corrected chi connectivity index (χ0v) is 7.32. The number of hydrogen-bond acceptors (Lipinski definition) is 4. The first kappa shape index (κ1) is 11.4. The van der Waals surface area contributed by atoms with E-state index >= 15 is 0 Å². The number of carbonyl (C=O) groups is 1. The predicted molar refractivity (Wildman–Crippen MR) is 43.3 cm³/mol. The van der Waals surface area contributed by atoms with Gasteiger partial charge in [-0.15, -0.1) is 0 Å². The Morgan fingerprint density at radius 2 is 2.17 bits per heavy atom. The summed E-state index contributed by atoms with van der Waals surface area (Å²) < 4.78 is 4.41. The summed E-state index contributed by atoms with van der Waals surface area (Å²) in [4.78, 5) is 10.8. The monoisotopic (exact) mass is 176 g/mol. The van der Waals surface area contributed by atoms with Crippen LogP contribution in [0.1, 0.15) is 32.6 Å².